The fraction of sp³-hybridized carbons (Fsp3) is 0.115. The van der Waals surface area contributed by atoms with E-state index in [1.54, 1.807) is 24.7 Å². The van der Waals surface area contributed by atoms with Crippen LogP contribution in [0.3, 0.4) is 0 Å². The number of benzene rings is 2. The Balaban J connectivity index is 1.32. The number of rotatable bonds is 5. The molecule has 6 nitrogen and oxygen atoms in total. The third-order valence-corrected chi connectivity index (χ3v) is 5.69. The number of ether oxygens (including phenoxy) is 1. The second kappa shape index (κ2) is 9.30. The summed E-state index contributed by atoms with van der Waals surface area (Å²) >= 11 is 6.21. The van der Waals surface area contributed by atoms with Crippen LogP contribution in [0.5, 0.6) is 11.5 Å². The number of nitrogens with zero attached hydrogens (tertiary/aromatic N) is 2. The largest absolute Gasteiger partial charge is 0.455 e. The average Bonchev–Trinajstić information content (AvgIpc) is 3.00. The van der Waals surface area contributed by atoms with E-state index in [-0.39, 0.29) is 11.9 Å². The van der Waals surface area contributed by atoms with Gasteiger partial charge in [-0.05, 0) is 53.9 Å². The Morgan fingerprint density at radius 3 is 2.73 bits per heavy atom. The van der Waals surface area contributed by atoms with Crippen molar-refractivity contribution in [3.63, 3.8) is 0 Å². The molecule has 1 aliphatic rings. The van der Waals surface area contributed by atoms with Crippen LogP contribution in [-0.4, -0.2) is 15.9 Å². The second-order valence-corrected chi connectivity index (χ2v) is 8.21. The first-order valence-corrected chi connectivity index (χ1v) is 11.0. The zero-order valence-electron chi connectivity index (χ0n) is 17.7. The van der Waals surface area contributed by atoms with Gasteiger partial charge < -0.3 is 15.4 Å². The minimum atomic E-state index is -0.222. The third kappa shape index (κ3) is 4.81. The van der Waals surface area contributed by atoms with Crippen molar-refractivity contribution in [2.24, 2.45) is 0 Å². The van der Waals surface area contributed by atoms with Crippen molar-refractivity contribution in [1.82, 2.24) is 15.3 Å². The Morgan fingerprint density at radius 2 is 1.91 bits per heavy atom. The SMILES string of the molecule is O=C(NCc1cccnc1)c1ccc(CC2Nc3cc(Cl)ccc3Oc3ccccc32)cn1. The van der Waals surface area contributed by atoms with Crippen molar-refractivity contribution in [3.05, 3.63) is 113 Å². The van der Waals surface area contributed by atoms with E-state index in [9.17, 15) is 4.79 Å². The van der Waals surface area contributed by atoms with Crippen molar-refractivity contribution >= 4 is 23.2 Å². The summed E-state index contributed by atoms with van der Waals surface area (Å²) in [7, 11) is 0. The Hall–Kier alpha value is -3.90. The highest BCUT2D eigenvalue weighted by Crippen LogP contribution is 2.41. The van der Waals surface area contributed by atoms with Gasteiger partial charge in [0.05, 0.1) is 11.7 Å². The van der Waals surface area contributed by atoms with Crippen molar-refractivity contribution in [3.8, 4) is 11.5 Å². The molecule has 2 aromatic carbocycles. The fourth-order valence-electron chi connectivity index (χ4n) is 3.80. The molecule has 1 unspecified atom stereocenters. The van der Waals surface area contributed by atoms with Gasteiger partial charge in [-0.25, -0.2) is 0 Å². The normalized spacial score (nSPS) is 14.2. The summed E-state index contributed by atoms with van der Waals surface area (Å²) < 4.78 is 6.15. The lowest BCUT2D eigenvalue weighted by Gasteiger charge is -2.19. The molecular weight excluding hydrogens is 436 g/mol. The predicted octanol–water partition coefficient (Wildman–Crippen LogP) is 5.56. The summed E-state index contributed by atoms with van der Waals surface area (Å²) in [5.74, 6) is 1.31. The van der Waals surface area contributed by atoms with Gasteiger partial charge in [0.25, 0.3) is 5.91 Å². The number of amides is 1. The molecule has 7 heteroatoms. The third-order valence-electron chi connectivity index (χ3n) is 5.46. The second-order valence-electron chi connectivity index (χ2n) is 7.78. The van der Waals surface area contributed by atoms with Crippen LogP contribution < -0.4 is 15.4 Å². The summed E-state index contributed by atoms with van der Waals surface area (Å²) in [5, 5.41) is 7.07. The molecule has 0 saturated carbocycles. The molecule has 5 rings (SSSR count). The fourth-order valence-corrected chi connectivity index (χ4v) is 3.97. The maximum atomic E-state index is 12.5. The number of carbonyl (C=O) groups is 1. The zero-order chi connectivity index (χ0) is 22.6. The van der Waals surface area contributed by atoms with Gasteiger partial charge >= 0.3 is 0 Å². The quantitative estimate of drug-likeness (QED) is 0.411. The summed E-state index contributed by atoms with van der Waals surface area (Å²) in [5.41, 5.74) is 4.18. The van der Waals surface area contributed by atoms with Crippen LogP contribution in [0.15, 0.2) is 85.3 Å². The zero-order valence-corrected chi connectivity index (χ0v) is 18.4. The first kappa shape index (κ1) is 21.0. The first-order chi connectivity index (χ1) is 16.2. The summed E-state index contributed by atoms with van der Waals surface area (Å²) in [6.07, 6.45) is 5.83. The highest BCUT2D eigenvalue weighted by atomic mass is 35.5. The van der Waals surface area contributed by atoms with Gasteiger partial charge in [-0.15, -0.1) is 0 Å². The van der Waals surface area contributed by atoms with Crippen molar-refractivity contribution < 1.29 is 9.53 Å². The summed E-state index contributed by atoms with van der Waals surface area (Å²) in [4.78, 5) is 20.9. The average molecular weight is 457 g/mol. The number of hydrogen-bond acceptors (Lipinski definition) is 5. The van der Waals surface area contributed by atoms with Gasteiger partial charge in [0.2, 0.25) is 0 Å². The van der Waals surface area contributed by atoms with Crippen LogP contribution >= 0.6 is 11.6 Å². The molecule has 164 valence electrons. The molecule has 0 bridgehead atoms. The van der Waals surface area contributed by atoms with Gasteiger partial charge in [-0.2, -0.15) is 0 Å². The summed E-state index contributed by atoms with van der Waals surface area (Å²) in [6.45, 7) is 0.404. The van der Waals surface area contributed by atoms with Crippen molar-refractivity contribution in [2.75, 3.05) is 5.32 Å². The van der Waals surface area contributed by atoms with Gasteiger partial charge in [-0.3, -0.25) is 14.8 Å². The highest BCUT2D eigenvalue weighted by molar-refractivity contribution is 6.30. The van der Waals surface area contributed by atoms with E-state index in [2.05, 4.69) is 20.6 Å². The minimum absolute atomic E-state index is 0.0482. The maximum Gasteiger partial charge on any atom is 0.270 e. The molecule has 0 fully saturated rings. The topological polar surface area (TPSA) is 76.1 Å². The Kier molecular flexibility index (Phi) is 5.91. The van der Waals surface area contributed by atoms with Crippen LogP contribution in [0.1, 0.15) is 33.2 Å². The Bertz CT molecular complexity index is 1280. The van der Waals surface area contributed by atoms with E-state index in [1.807, 2.05) is 60.7 Å². The molecule has 2 N–H and O–H groups in total. The monoisotopic (exact) mass is 456 g/mol. The predicted molar refractivity (Wildman–Crippen MR) is 128 cm³/mol. The van der Waals surface area contributed by atoms with Crippen LogP contribution in [0.2, 0.25) is 5.02 Å². The van der Waals surface area contributed by atoms with E-state index in [1.165, 1.54) is 0 Å². The molecule has 4 aromatic rings. The molecular formula is C26H21ClN4O2. The molecule has 33 heavy (non-hydrogen) atoms. The number of fused-ring (bicyclic) bond motifs is 2. The molecule has 2 aromatic heterocycles. The number of halogens is 1. The number of carbonyl (C=O) groups excluding carboxylic acids is 1. The number of pyridine rings is 2. The number of anilines is 1. The lowest BCUT2D eigenvalue weighted by atomic mass is 9.98. The van der Waals surface area contributed by atoms with Gasteiger partial charge in [0.15, 0.2) is 5.75 Å². The Morgan fingerprint density at radius 1 is 1.00 bits per heavy atom. The van der Waals surface area contributed by atoms with Gasteiger partial charge in [-0.1, -0.05) is 41.9 Å². The number of hydrogen-bond donors (Lipinski definition) is 2. The standard InChI is InChI=1S/C26H21ClN4O2/c27-19-8-10-25-23(13-19)31-22(20-5-1-2-6-24(20)33-25)12-17-7-9-21(29-15-17)26(32)30-16-18-4-3-11-28-14-18/h1-11,13-15,22,31H,12,16H2,(H,30,32). The molecule has 0 aliphatic carbocycles. The van der Waals surface area contributed by atoms with Gasteiger partial charge in [0, 0.05) is 35.7 Å². The first-order valence-electron chi connectivity index (χ1n) is 10.6. The lowest BCUT2D eigenvalue weighted by Crippen LogP contribution is -2.24. The lowest BCUT2D eigenvalue weighted by molar-refractivity contribution is 0.0946. The molecule has 3 heterocycles. The van der Waals surface area contributed by atoms with Crippen molar-refractivity contribution in [2.45, 2.75) is 19.0 Å². The summed E-state index contributed by atoms with van der Waals surface area (Å²) in [6, 6.07) is 20.9. The van der Waals surface area contributed by atoms with Crippen LogP contribution in [0.4, 0.5) is 5.69 Å². The van der Waals surface area contributed by atoms with Crippen molar-refractivity contribution in [1.29, 1.82) is 0 Å². The van der Waals surface area contributed by atoms with E-state index < -0.39 is 0 Å². The van der Waals surface area contributed by atoms with E-state index in [4.69, 9.17) is 16.3 Å². The van der Waals surface area contributed by atoms with E-state index >= 15 is 0 Å². The molecule has 1 aliphatic heterocycles. The van der Waals surface area contributed by atoms with E-state index in [0.717, 1.165) is 33.9 Å². The highest BCUT2D eigenvalue weighted by Gasteiger charge is 2.23. The smallest absolute Gasteiger partial charge is 0.270 e. The van der Waals surface area contributed by atoms with E-state index in [0.29, 0.717) is 23.7 Å². The molecule has 0 spiro atoms. The number of para-hydroxylation sites is 1. The number of nitrogens with one attached hydrogen (secondary N) is 2. The Labute approximate surface area is 196 Å². The van der Waals surface area contributed by atoms with Crippen LogP contribution in [0, 0.1) is 0 Å². The molecule has 0 saturated heterocycles. The van der Waals surface area contributed by atoms with Crippen LogP contribution in [0.25, 0.3) is 0 Å². The minimum Gasteiger partial charge on any atom is -0.455 e. The maximum absolute atomic E-state index is 12.5. The van der Waals surface area contributed by atoms with Crippen LogP contribution in [-0.2, 0) is 13.0 Å². The number of aromatic nitrogens is 2. The molecule has 1 amide bonds. The molecule has 1 atom stereocenters. The molecule has 0 radical (unpaired) electrons. The van der Waals surface area contributed by atoms with Gasteiger partial charge in [0.1, 0.15) is 11.4 Å².